The normalized spacial score (nSPS) is 29.9. The smallest absolute Gasteiger partial charge is 0.0513 e. The van der Waals surface area contributed by atoms with Crippen molar-refractivity contribution in [1.29, 1.82) is 0 Å². The molecular formula is C21H32ClN3O2. The summed E-state index contributed by atoms with van der Waals surface area (Å²) < 4.78 is 5.65. The molecule has 1 N–H and O–H groups in total. The zero-order valence-corrected chi connectivity index (χ0v) is 16.9. The number of nitrogens with zero attached hydrogens (tertiary/aromatic N) is 3. The number of anilines is 1. The molecule has 150 valence electrons. The van der Waals surface area contributed by atoms with E-state index in [1.165, 1.54) is 12.1 Å². The largest absolute Gasteiger partial charge is 0.396 e. The van der Waals surface area contributed by atoms with Crippen molar-refractivity contribution in [1.82, 2.24) is 9.80 Å². The van der Waals surface area contributed by atoms with Gasteiger partial charge in [-0.15, -0.1) is 0 Å². The number of piperazine rings is 1. The van der Waals surface area contributed by atoms with Gasteiger partial charge in [0.2, 0.25) is 0 Å². The number of aliphatic hydroxyl groups is 1. The summed E-state index contributed by atoms with van der Waals surface area (Å²) in [7, 11) is 0. The Labute approximate surface area is 167 Å². The highest BCUT2D eigenvalue weighted by Gasteiger charge is 2.47. The Bertz CT molecular complexity index is 623. The van der Waals surface area contributed by atoms with E-state index in [0.717, 1.165) is 77.0 Å². The summed E-state index contributed by atoms with van der Waals surface area (Å²) in [5.74, 6) is 0.512. The standard InChI is InChI=1S/C21H32ClN3O2/c22-19-3-1-4-20(13-19)25-10-8-23(9-11-25)6-2-7-24-14-18-15-27-12-5-21(18,16-24)17-26/h1,3-4,13,18,26H,2,5-12,14-17H2/t18-,21-/m1/s1. The molecule has 0 aliphatic carbocycles. The second-order valence-corrected chi connectivity index (χ2v) is 8.88. The molecule has 0 radical (unpaired) electrons. The average molecular weight is 394 g/mol. The van der Waals surface area contributed by atoms with Gasteiger partial charge < -0.3 is 19.6 Å². The van der Waals surface area contributed by atoms with Crippen molar-refractivity contribution < 1.29 is 9.84 Å². The number of ether oxygens (including phenoxy) is 1. The maximum absolute atomic E-state index is 9.93. The first-order chi connectivity index (χ1) is 13.2. The molecule has 0 aromatic heterocycles. The van der Waals surface area contributed by atoms with Crippen LogP contribution in [-0.2, 0) is 4.74 Å². The third-order valence-corrected chi connectivity index (χ3v) is 6.99. The van der Waals surface area contributed by atoms with Crippen molar-refractivity contribution in [2.24, 2.45) is 11.3 Å². The molecule has 0 saturated carbocycles. The Morgan fingerprint density at radius 3 is 2.70 bits per heavy atom. The molecule has 1 aromatic carbocycles. The Balaban J connectivity index is 1.19. The van der Waals surface area contributed by atoms with E-state index in [1.807, 2.05) is 12.1 Å². The fourth-order valence-electron chi connectivity index (χ4n) is 5.01. The minimum atomic E-state index is 0.0980. The maximum Gasteiger partial charge on any atom is 0.0513 e. The summed E-state index contributed by atoms with van der Waals surface area (Å²) in [5, 5.41) is 10.7. The van der Waals surface area contributed by atoms with Crippen LogP contribution in [0.25, 0.3) is 0 Å². The van der Waals surface area contributed by atoms with Crippen molar-refractivity contribution in [3.8, 4) is 0 Å². The van der Waals surface area contributed by atoms with Gasteiger partial charge in [0.05, 0.1) is 13.2 Å². The van der Waals surface area contributed by atoms with Gasteiger partial charge in [0.25, 0.3) is 0 Å². The van der Waals surface area contributed by atoms with Gasteiger partial charge in [-0.2, -0.15) is 0 Å². The number of likely N-dealkylation sites (tertiary alicyclic amines) is 1. The molecule has 2 atom stereocenters. The molecule has 0 spiro atoms. The van der Waals surface area contributed by atoms with Gasteiger partial charge >= 0.3 is 0 Å². The summed E-state index contributed by atoms with van der Waals surface area (Å²) >= 11 is 6.12. The van der Waals surface area contributed by atoms with E-state index in [2.05, 4.69) is 26.8 Å². The number of hydrogen-bond acceptors (Lipinski definition) is 5. The zero-order valence-electron chi connectivity index (χ0n) is 16.2. The summed E-state index contributed by atoms with van der Waals surface area (Å²) in [6.45, 7) is 10.7. The molecular weight excluding hydrogens is 362 g/mol. The summed E-state index contributed by atoms with van der Waals surface area (Å²) in [5.41, 5.74) is 1.33. The lowest BCUT2D eigenvalue weighted by Crippen LogP contribution is -2.47. The highest BCUT2D eigenvalue weighted by molar-refractivity contribution is 6.30. The molecule has 1 aromatic rings. The van der Waals surface area contributed by atoms with Gasteiger partial charge in [-0.1, -0.05) is 17.7 Å². The molecule has 4 rings (SSSR count). The Kier molecular flexibility index (Phi) is 6.25. The number of hydrogen-bond donors (Lipinski definition) is 1. The third kappa shape index (κ3) is 4.43. The van der Waals surface area contributed by atoms with Crippen LogP contribution in [0.3, 0.4) is 0 Å². The van der Waals surface area contributed by atoms with E-state index in [9.17, 15) is 5.11 Å². The van der Waals surface area contributed by atoms with E-state index < -0.39 is 0 Å². The second-order valence-electron chi connectivity index (χ2n) is 8.44. The monoisotopic (exact) mass is 393 g/mol. The van der Waals surface area contributed by atoms with Crippen molar-refractivity contribution >= 4 is 17.3 Å². The predicted molar refractivity (Wildman–Crippen MR) is 110 cm³/mol. The molecule has 6 heteroatoms. The van der Waals surface area contributed by atoms with Crippen LogP contribution < -0.4 is 4.90 Å². The van der Waals surface area contributed by atoms with Crippen molar-refractivity contribution in [3.63, 3.8) is 0 Å². The molecule has 0 bridgehead atoms. The molecule has 0 unspecified atom stereocenters. The first kappa shape index (κ1) is 19.5. The Morgan fingerprint density at radius 1 is 1.15 bits per heavy atom. The van der Waals surface area contributed by atoms with Crippen LogP contribution in [0, 0.1) is 11.3 Å². The molecule has 3 aliphatic heterocycles. The van der Waals surface area contributed by atoms with Gasteiger partial charge in [-0.05, 0) is 44.1 Å². The van der Waals surface area contributed by atoms with E-state index in [1.54, 1.807) is 0 Å². The quantitative estimate of drug-likeness (QED) is 0.802. The molecule has 3 fully saturated rings. The predicted octanol–water partition coefficient (Wildman–Crippen LogP) is 2.18. The highest BCUT2D eigenvalue weighted by atomic mass is 35.5. The Morgan fingerprint density at radius 2 is 1.96 bits per heavy atom. The molecule has 3 saturated heterocycles. The second kappa shape index (κ2) is 8.66. The van der Waals surface area contributed by atoms with Crippen LogP contribution in [-0.4, -0.2) is 87.1 Å². The number of fused-ring (bicyclic) bond motifs is 1. The molecule has 5 nitrogen and oxygen atoms in total. The number of aliphatic hydroxyl groups excluding tert-OH is 1. The van der Waals surface area contributed by atoms with E-state index in [4.69, 9.17) is 16.3 Å². The maximum atomic E-state index is 9.93. The number of benzene rings is 1. The third-order valence-electron chi connectivity index (χ3n) is 6.76. The first-order valence-corrected chi connectivity index (χ1v) is 10.7. The SMILES string of the molecule is OC[C@]12CCOC[C@H]1CN(CCCN1CCN(c3cccc(Cl)c3)CC1)C2. The van der Waals surface area contributed by atoms with Gasteiger partial charge in [0.15, 0.2) is 0 Å². The summed E-state index contributed by atoms with van der Waals surface area (Å²) in [4.78, 5) is 7.56. The molecule has 3 aliphatic rings. The molecule has 27 heavy (non-hydrogen) atoms. The zero-order chi connectivity index (χ0) is 18.7. The lowest BCUT2D eigenvalue weighted by Gasteiger charge is -2.37. The Hall–Kier alpha value is -0.850. The first-order valence-electron chi connectivity index (χ1n) is 10.3. The van der Waals surface area contributed by atoms with Crippen LogP contribution in [0.15, 0.2) is 24.3 Å². The van der Waals surface area contributed by atoms with Gasteiger partial charge in [-0.25, -0.2) is 0 Å². The van der Waals surface area contributed by atoms with E-state index in [-0.39, 0.29) is 5.41 Å². The van der Waals surface area contributed by atoms with E-state index >= 15 is 0 Å². The highest BCUT2D eigenvalue weighted by Crippen LogP contribution is 2.41. The van der Waals surface area contributed by atoms with Gasteiger partial charge in [-0.3, -0.25) is 4.90 Å². The van der Waals surface area contributed by atoms with Crippen molar-refractivity contribution in [2.75, 3.05) is 77.1 Å². The minimum absolute atomic E-state index is 0.0980. The average Bonchev–Trinajstić information content (AvgIpc) is 3.07. The minimum Gasteiger partial charge on any atom is -0.396 e. The number of rotatable bonds is 6. The van der Waals surface area contributed by atoms with Crippen molar-refractivity contribution in [3.05, 3.63) is 29.3 Å². The summed E-state index contributed by atoms with van der Waals surface area (Å²) in [6, 6.07) is 8.17. The van der Waals surface area contributed by atoms with E-state index in [0.29, 0.717) is 12.5 Å². The van der Waals surface area contributed by atoms with Crippen LogP contribution in [0.1, 0.15) is 12.8 Å². The van der Waals surface area contributed by atoms with Gasteiger partial charge in [0.1, 0.15) is 0 Å². The van der Waals surface area contributed by atoms with Crippen molar-refractivity contribution in [2.45, 2.75) is 12.8 Å². The summed E-state index contributed by atoms with van der Waals surface area (Å²) in [6.07, 6.45) is 2.21. The van der Waals surface area contributed by atoms with Crippen LogP contribution in [0.4, 0.5) is 5.69 Å². The lowest BCUT2D eigenvalue weighted by molar-refractivity contribution is -0.0416. The number of halogens is 1. The fourth-order valence-corrected chi connectivity index (χ4v) is 5.19. The van der Waals surface area contributed by atoms with Gasteiger partial charge in [0, 0.05) is 67.9 Å². The van der Waals surface area contributed by atoms with Crippen LogP contribution >= 0.6 is 11.6 Å². The topological polar surface area (TPSA) is 39.2 Å². The lowest BCUT2D eigenvalue weighted by atomic mass is 9.75. The fraction of sp³-hybridized carbons (Fsp3) is 0.714. The molecule has 3 heterocycles. The van der Waals surface area contributed by atoms with Crippen LogP contribution in [0.2, 0.25) is 5.02 Å². The molecule has 0 amide bonds. The van der Waals surface area contributed by atoms with Crippen LogP contribution in [0.5, 0.6) is 0 Å².